The first-order valence-electron chi connectivity index (χ1n) is 6.78. The van der Waals surface area contributed by atoms with Crippen molar-refractivity contribution in [2.45, 2.75) is 26.7 Å². The van der Waals surface area contributed by atoms with Crippen LogP contribution in [0.3, 0.4) is 0 Å². The Balaban J connectivity index is 1.67. The number of aromatic amines is 1. The van der Waals surface area contributed by atoms with E-state index in [9.17, 15) is 9.59 Å². The van der Waals surface area contributed by atoms with Crippen molar-refractivity contribution >= 4 is 33.8 Å². The molecular formula is C14H16N4O2S. The average molecular weight is 304 g/mol. The van der Waals surface area contributed by atoms with E-state index in [2.05, 4.69) is 20.8 Å². The average Bonchev–Trinajstić information content (AvgIpc) is 3.14. The van der Waals surface area contributed by atoms with Crippen molar-refractivity contribution in [3.63, 3.8) is 0 Å². The number of hydrogen-bond donors (Lipinski definition) is 3. The summed E-state index contributed by atoms with van der Waals surface area (Å²) in [5.41, 5.74) is 2.27. The molecule has 1 aliphatic rings. The molecular weight excluding hydrogens is 288 g/mol. The van der Waals surface area contributed by atoms with Crippen LogP contribution in [0.4, 0.5) is 10.7 Å². The van der Waals surface area contributed by atoms with Crippen LogP contribution in [0, 0.1) is 19.8 Å². The predicted octanol–water partition coefficient (Wildman–Crippen LogP) is 2.69. The van der Waals surface area contributed by atoms with Crippen LogP contribution in [-0.4, -0.2) is 22.0 Å². The largest absolute Gasteiger partial charge is 0.318 e. The molecule has 3 rings (SSSR count). The van der Waals surface area contributed by atoms with Crippen molar-refractivity contribution < 1.29 is 9.59 Å². The molecule has 0 bridgehead atoms. The smallest absolute Gasteiger partial charge is 0.265 e. The Morgan fingerprint density at radius 1 is 1.29 bits per heavy atom. The quantitative estimate of drug-likeness (QED) is 0.811. The molecule has 6 nitrogen and oxygen atoms in total. The Morgan fingerprint density at radius 3 is 2.67 bits per heavy atom. The fourth-order valence-electron chi connectivity index (χ4n) is 2.01. The van der Waals surface area contributed by atoms with Gasteiger partial charge in [0.2, 0.25) is 5.91 Å². The Morgan fingerprint density at radius 2 is 2.05 bits per heavy atom. The zero-order valence-corrected chi connectivity index (χ0v) is 12.6. The molecule has 2 aromatic rings. The van der Waals surface area contributed by atoms with Gasteiger partial charge in [0.15, 0.2) is 0 Å². The van der Waals surface area contributed by atoms with Gasteiger partial charge in [0, 0.05) is 5.92 Å². The SMILES string of the molecule is Cc1n[nH]c(C)c1NC(=O)c1ccc(NC(=O)C2CC2)s1. The number of amides is 2. The van der Waals surface area contributed by atoms with E-state index < -0.39 is 0 Å². The van der Waals surface area contributed by atoms with Crippen LogP contribution in [0.1, 0.15) is 33.9 Å². The number of aryl methyl sites for hydroxylation is 2. The van der Waals surface area contributed by atoms with Crippen molar-refractivity contribution in [3.05, 3.63) is 28.4 Å². The summed E-state index contributed by atoms with van der Waals surface area (Å²) in [6.07, 6.45) is 1.92. The summed E-state index contributed by atoms with van der Waals surface area (Å²) in [4.78, 5) is 24.4. The van der Waals surface area contributed by atoms with Crippen LogP contribution in [-0.2, 0) is 4.79 Å². The summed E-state index contributed by atoms with van der Waals surface area (Å²) in [6, 6.07) is 3.47. The number of carbonyl (C=O) groups is 2. The van der Waals surface area contributed by atoms with Gasteiger partial charge in [-0.15, -0.1) is 11.3 Å². The molecule has 0 aromatic carbocycles. The summed E-state index contributed by atoms with van der Waals surface area (Å²) in [5, 5.41) is 13.3. The molecule has 0 unspecified atom stereocenters. The van der Waals surface area contributed by atoms with Crippen LogP contribution in [0.15, 0.2) is 12.1 Å². The molecule has 7 heteroatoms. The van der Waals surface area contributed by atoms with Crippen molar-refractivity contribution in [2.24, 2.45) is 5.92 Å². The van der Waals surface area contributed by atoms with E-state index in [1.54, 1.807) is 12.1 Å². The van der Waals surface area contributed by atoms with Gasteiger partial charge in [0.25, 0.3) is 5.91 Å². The number of H-pyrrole nitrogens is 1. The summed E-state index contributed by atoms with van der Waals surface area (Å²) < 4.78 is 0. The Bertz CT molecular complexity index is 680. The van der Waals surface area contributed by atoms with Gasteiger partial charge in [-0.05, 0) is 38.8 Å². The molecule has 1 saturated carbocycles. The van der Waals surface area contributed by atoms with Gasteiger partial charge in [-0.2, -0.15) is 5.10 Å². The van der Waals surface area contributed by atoms with Gasteiger partial charge in [0.05, 0.1) is 27.0 Å². The number of nitrogens with one attached hydrogen (secondary N) is 3. The van der Waals surface area contributed by atoms with Gasteiger partial charge in [-0.1, -0.05) is 0 Å². The highest BCUT2D eigenvalue weighted by molar-refractivity contribution is 7.18. The molecule has 2 amide bonds. The number of carbonyl (C=O) groups excluding carboxylic acids is 2. The summed E-state index contributed by atoms with van der Waals surface area (Å²) in [5.74, 6) is 0.00505. The van der Waals surface area contributed by atoms with E-state index in [1.165, 1.54) is 11.3 Å². The number of rotatable bonds is 4. The lowest BCUT2D eigenvalue weighted by Gasteiger charge is -2.03. The molecule has 2 aromatic heterocycles. The van der Waals surface area contributed by atoms with Gasteiger partial charge in [-0.25, -0.2) is 0 Å². The zero-order valence-electron chi connectivity index (χ0n) is 11.8. The van der Waals surface area contributed by atoms with Crippen LogP contribution >= 0.6 is 11.3 Å². The second-order valence-electron chi connectivity index (χ2n) is 5.19. The van der Waals surface area contributed by atoms with Gasteiger partial charge in [-0.3, -0.25) is 14.7 Å². The standard InChI is InChI=1S/C14H16N4O2S/c1-7-12(8(2)18-17-7)16-14(20)10-5-6-11(21-10)15-13(19)9-3-4-9/h5-6,9H,3-4H2,1-2H3,(H,15,19)(H,16,20)(H,17,18). The van der Waals surface area contributed by atoms with Crippen LogP contribution in [0.5, 0.6) is 0 Å². The van der Waals surface area contributed by atoms with E-state index in [-0.39, 0.29) is 17.7 Å². The number of nitrogens with zero attached hydrogens (tertiary/aromatic N) is 1. The van der Waals surface area contributed by atoms with Crippen molar-refractivity contribution in [3.8, 4) is 0 Å². The van der Waals surface area contributed by atoms with Gasteiger partial charge >= 0.3 is 0 Å². The minimum atomic E-state index is -0.195. The van der Waals surface area contributed by atoms with Gasteiger partial charge < -0.3 is 10.6 Å². The van der Waals surface area contributed by atoms with Crippen LogP contribution < -0.4 is 10.6 Å². The van der Waals surface area contributed by atoms with E-state index in [1.807, 2.05) is 13.8 Å². The van der Waals surface area contributed by atoms with Crippen molar-refractivity contribution in [2.75, 3.05) is 10.6 Å². The van der Waals surface area contributed by atoms with E-state index in [0.717, 1.165) is 24.2 Å². The number of hydrogen-bond acceptors (Lipinski definition) is 4. The first-order valence-corrected chi connectivity index (χ1v) is 7.60. The lowest BCUT2D eigenvalue weighted by molar-refractivity contribution is -0.117. The normalized spacial score (nSPS) is 14.0. The monoisotopic (exact) mass is 304 g/mol. The Hall–Kier alpha value is -2.15. The van der Waals surface area contributed by atoms with Crippen molar-refractivity contribution in [1.29, 1.82) is 0 Å². The molecule has 0 saturated heterocycles. The first kappa shape index (κ1) is 13.8. The maximum atomic E-state index is 12.2. The molecule has 3 N–H and O–H groups in total. The highest BCUT2D eigenvalue weighted by atomic mass is 32.1. The molecule has 110 valence electrons. The summed E-state index contributed by atoms with van der Waals surface area (Å²) >= 11 is 1.27. The third-order valence-electron chi connectivity index (χ3n) is 3.39. The fourth-order valence-corrected chi connectivity index (χ4v) is 2.81. The second kappa shape index (κ2) is 5.33. The zero-order chi connectivity index (χ0) is 15.0. The summed E-state index contributed by atoms with van der Waals surface area (Å²) in [6.45, 7) is 3.68. The van der Waals surface area contributed by atoms with E-state index in [0.29, 0.717) is 15.6 Å². The maximum Gasteiger partial charge on any atom is 0.265 e. The van der Waals surface area contributed by atoms with Crippen molar-refractivity contribution in [1.82, 2.24) is 10.2 Å². The molecule has 1 fully saturated rings. The third kappa shape index (κ3) is 2.97. The lowest BCUT2D eigenvalue weighted by Crippen LogP contribution is -2.12. The molecule has 1 aliphatic carbocycles. The second-order valence-corrected chi connectivity index (χ2v) is 6.27. The Kier molecular flexibility index (Phi) is 3.50. The maximum absolute atomic E-state index is 12.2. The topological polar surface area (TPSA) is 86.9 Å². The number of anilines is 2. The molecule has 21 heavy (non-hydrogen) atoms. The van der Waals surface area contributed by atoms with Crippen LogP contribution in [0.25, 0.3) is 0 Å². The number of aromatic nitrogens is 2. The fraction of sp³-hybridized carbons (Fsp3) is 0.357. The first-order chi connectivity index (χ1) is 10.0. The Labute approximate surface area is 125 Å². The highest BCUT2D eigenvalue weighted by Crippen LogP contribution is 2.31. The van der Waals surface area contributed by atoms with Gasteiger partial charge in [0.1, 0.15) is 0 Å². The molecule has 0 aliphatic heterocycles. The molecule has 2 heterocycles. The third-order valence-corrected chi connectivity index (χ3v) is 4.39. The minimum absolute atomic E-state index is 0.0466. The predicted molar refractivity (Wildman–Crippen MR) is 81.7 cm³/mol. The molecule has 0 spiro atoms. The minimum Gasteiger partial charge on any atom is -0.318 e. The molecule has 0 atom stereocenters. The highest BCUT2D eigenvalue weighted by Gasteiger charge is 2.29. The van der Waals surface area contributed by atoms with E-state index in [4.69, 9.17) is 0 Å². The van der Waals surface area contributed by atoms with Crippen LogP contribution in [0.2, 0.25) is 0 Å². The van der Waals surface area contributed by atoms with E-state index >= 15 is 0 Å². The lowest BCUT2D eigenvalue weighted by atomic mass is 10.3. The summed E-state index contributed by atoms with van der Waals surface area (Å²) in [7, 11) is 0. The molecule has 0 radical (unpaired) electrons. The number of thiophene rings is 1.